The van der Waals surface area contributed by atoms with Crippen LogP contribution in [-0.4, -0.2) is 11.5 Å². The van der Waals surface area contributed by atoms with E-state index in [2.05, 4.69) is 4.98 Å². The number of halogens is 2. The summed E-state index contributed by atoms with van der Waals surface area (Å²) >= 11 is 0. The molecule has 2 rings (SSSR count). The smallest absolute Gasteiger partial charge is 0.171 e. The van der Waals surface area contributed by atoms with Crippen LogP contribution in [0.2, 0.25) is 0 Å². The largest absolute Gasteiger partial charge is 0.381 e. The monoisotopic (exact) mass is 274 g/mol. The summed E-state index contributed by atoms with van der Waals surface area (Å²) in [6.45, 7) is 0.232. The zero-order valence-corrected chi connectivity index (χ0v) is 10.6. The van der Waals surface area contributed by atoms with Crippen molar-refractivity contribution in [3.63, 3.8) is 0 Å². The molecule has 0 bridgehead atoms. The van der Waals surface area contributed by atoms with Crippen LogP contribution in [0.4, 0.5) is 26.1 Å². The molecule has 4 nitrogen and oxygen atoms in total. The first-order valence-corrected chi connectivity index (χ1v) is 5.94. The maximum absolute atomic E-state index is 13.9. The number of anilines is 3. The predicted octanol–water partition coefficient (Wildman–Crippen LogP) is 2.99. The fraction of sp³-hybridized carbons (Fsp3) is 0.143. The maximum atomic E-state index is 13.9. The normalized spacial score (nSPS) is 10.1. The number of pyridine rings is 1. The molecular weight excluding hydrogens is 262 g/mol. The van der Waals surface area contributed by atoms with Gasteiger partial charge in [0, 0.05) is 18.3 Å². The van der Waals surface area contributed by atoms with Gasteiger partial charge in [-0.25, -0.2) is 13.8 Å². The van der Waals surface area contributed by atoms with Crippen LogP contribution in [0.1, 0.15) is 6.42 Å². The Morgan fingerprint density at radius 3 is 2.55 bits per heavy atom. The van der Waals surface area contributed by atoms with Crippen molar-refractivity contribution in [1.82, 2.24) is 4.98 Å². The average molecular weight is 274 g/mol. The molecule has 6 heteroatoms. The Balaban J connectivity index is 2.47. The number of para-hydroxylation sites is 1. The Hall–Kier alpha value is -2.68. The van der Waals surface area contributed by atoms with Crippen LogP contribution >= 0.6 is 0 Å². The van der Waals surface area contributed by atoms with Crippen molar-refractivity contribution in [1.29, 1.82) is 5.26 Å². The minimum atomic E-state index is -0.903. The van der Waals surface area contributed by atoms with E-state index in [1.165, 1.54) is 4.90 Å². The highest BCUT2D eigenvalue weighted by atomic mass is 19.1. The Kier molecular flexibility index (Phi) is 4.11. The fourth-order valence-electron chi connectivity index (χ4n) is 1.79. The van der Waals surface area contributed by atoms with Gasteiger partial charge < -0.3 is 10.6 Å². The molecule has 0 radical (unpaired) electrons. The minimum absolute atomic E-state index is 0.0923. The Bertz CT molecular complexity index is 638. The summed E-state index contributed by atoms with van der Waals surface area (Å²) in [6.07, 6.45) is 0.174. The van der Waals surface area contributed by atoms with Crippen LogP contribution in [-0.2, 0) is 0 Å². The zero-order valence-electron chi connectivity index (χ0n) is 10.6. The van der Waals surface area contributed by atoms with E-state index in [0.717, 1.165) is 0 Å². The van der Waals surface area contributed by atoms with Crippen LogP contribution in [0.5, 0.6) is 0 Å². The third kappa shape index (κ3) is 2.83. The number of aromatic nitrogens is 1. The Morgan fingerprint density at radius 1 is 1.20 bits per heavy atom. The van der Waals surface area contributed by atoms with Crippen molar-refractivity contribution >= 4 is 17.3 Å². The van der Waals surface area contributed by atoms with Gasteiger partial charge in [-0.1, -0.05) is 18.2 Å². The van der Waals surface area contributed by atoms with Crippen molar-refractivity contribution < 1.29 is 8.78 Å². The number of nitrogens with two attached hydrogens (primary N) is 1. The standard InChI is InChI=1S/C14H12F2N4/c15-11-9-12(16)14(19-13(11)18)20(8-4-7-17)10-5-2-1-3-6-10/h1-3,5-6,9H,4,8H2,(H2,18,19). The molecule has 1 heterocycles. The van der Waals surface area contributed by atoms with E-state index in [-0.39, 0.29) is 24.6 Å². The van der Waals surface area contributed by atoms with Gasteiger partial charge in [0.25, 0.3) is 0 Å². The first-order valence-electron chi connectivity index (χ1n) is 5.94. The predicted molar refractivity (Wildman–Crippen MR) is 72.2 cm³/mol. The molecule has 0 amide bonds. The topological polar surface area (TPSA) is 65.9 Å². The van der Waals surface area contributed by atoms with E-state index in [0.29, 0.717) is 11.8 Å². The van der Waals surface area contributed by atoms with Gasteiger partial charge in [0.1, 0.15) is 0 Å². The van der Waals surface area contributed by atoms with Gasteiger partial charge in [-0.3, -0.25) is 0 Å². The molecule has 2 aromatic rings. The van der Waals surface area contributed by atoms with Gasteiger partial charge >= 0.3 is 0 Å². The number of nitrogens with zero attached hydrogens (tertiary/aromatic N) is 3. The summed E-state index contributed by atoms with van der Waals surface area (Å²) in [5, 5.41) is 8.70. The molecule has 0 unspecified atom stereocenters. The summed E-state index contributed by atoms with van der Waals surface area (Å²) < 4.78 is 27.1. The molecule has 0 saturated heterocycles. The third-order valence-electron chi connectivity index (χ3n) is 2.71. The molecule has 2 N–H and O–H groups in total. The first kappa shape index (κ1) is 13.7. The molecular formula is C14H12F2N4. The quantitative estimate of drug-likeness (QED) is 0.930. The second-order valence-corrected chi connectivity index (χ2v) is 4.06. The number of rotatable bonds is 4. The molecule has 1 aromatic heterocycles. The molecule has 20 heavy (non-hydrogen) atoms. The van der Waals surface area contributed by atoms with E-state index in [1.807, 2.05) is 12.1 Å². The van der Waals surface area contributed by atoms with Crippen molar-refractivity contribution in [2.24, 2.45) is 0 Å². The molecule has 0 fully saturated rings. The van der Waals surface area contributed by atoms with Crippen LogP contribution in [0, 0.1) is 23.0 Å². The van der Waals surface area contributed by atoms with Gasteiger partial charge in [0.15, 0.2) is 23.3 Å². The van der Waals surface area contributed by atoms with Crippen LogP contribution in [0.25, 0.3) is 0 Å². The summed E-state index contributed by atoms with van der Waals surface area (Å²) in [5.74, 6) is -2.19. The van der Waals surface area contributed by atoms with Crippen LogP contribution in [0.3, 0.4) is 0 Å². The number of hydrogen-bond donors (Lipinski definition) is 1. The second-order valence-electron chi connectivity index (χ2n) is 4.06. The average Bonchev–Trinajstić information content (AvgIpc) is 2.45. The lowest BCUT2D eigenvalue weighted by Gasteiger charge is -2.23. The third-order valence-corrected chi connectivity index (χ3v) is 2.71. The summed E-state index contributed by atoms with van der Waals surface area (Å²) in [4.78, 5) is 5.24. The van der Waals surface area contributed by atoms with E-state index in [9.17, 15) is 8.78 Å². The number of nitrogen functional groups attached to an aromatic ring is 1. The SMILES string of the molecule is N#CCCN(c1ccccc1)c1nc(N)c(F)cc1F. The van der Waals surface area contributed by atoms with E-state index < -0.39 is 11.6 Å². The van der Waals surface area contributed by atoms with Crippen LogP contribution in [0.15, 0.2) is 36.4 Å². The molecule has 0 atom stereocenters. The lowest BCUT2D eigenvalue weighted by molar-refractivity contribution is 0.576. The van der Waals surface area contributed by atoms with Crippen molar-refractivity contribution in [2.75, 3.05) is 17.2 Å². The van der Waals surface area contributed by atoms with Crippen molar-refractivity contribution in [2.45, 2.75) is 6.42 Å². The molecule has 0 aliphatic carbocycles. The van der Waals surface area contributed by atoms with E-state index in [1.54, 1.807) is 24.3 Å². The number of benzene rings is 1. The summed E-state index contributed by atoms with van der Waals surface area (Å²) in [5.41, 5.74) is 6.04. The van der Waals surface area contributed by atoms with Crippen molar-refractivity contribution in [3.8, 4) is 6.07 Å². The first-order chi connectivity index (χ1) is 9.63. The number of hydrogen-bond acceptors (Lipinski definition) is 4. The number of nitriles is 1. The highest BCUT2D eigenvalue weighted by molar-refractivity contribution is 5.61. The molecule has 1 aromatic carbocycles. The van der Waals surface area contributed by atoms with Gasteiger partial charge in [-0.05, 0) is 12.1 Å². The van der Waals surface area contributed by atoms with E-state index >= 15 is 0 Å². The minimum Gasteiger partial charge on any atom is -0.381 e. The molecule has 0 aliphatic rings. The summed E-state index contributed by atoms with van der Waals surface area (Å²) in [6, 6.07) is 11.5. The van der Waals surface area contributed by atoms with Gasteiger partial charge in [0.05, 0.1) is 12.5 Å². The lowest BCUT2D eigenvalue weighted by Crippen LogP contribution is -2.21. The zero-order chi connectivity index (χ0) is 14.5. The Labute approximate surface area is 115 Å². The molecule has 0 spiro atoms. The highest BCUT2D eigenvalue weighted by Crippen LogP contribution is 2.27. The highest BCUT2D eigenvalue weighted by Gasteiger charge is 2.17. The van der Waals surface area contributed by atoms with Gasteiger partial charge in [-0.2, -0.15) is 5.26 Å². The molecule has 0 aliphatic heterocycles. The van der Waals surface area contributed by atoms with E-state index in [4.69, 9.17) is 11.0 Å². The maximum Gasteiger partial charge on any atom is 0.171 e. The Morgan fingerprint density at radius 2 is 1.90 bits per heavy atom. The van der Waals surface area contributed by atoms with Crippen molar-refractivity contribution in [3.05, 3.63) is 48.0 Å². The summed E-state index contributed by atoms with van der Waals surface area (Å²) in [7, 11) is 0. The fourth-order valence-corrected chi connectivity index (χ4v) is 1.79. The molecule has 102 valence electrons. The lowest BCUT2D eigenvalue weighted by atomic mass is 10.2. The van der Waals surface area contributed by atoms with Gasteiger partial charge in [-0.15, -0.1) is 0 Å². The van der Waals surface area contributed by atoms with Gasteiger partial charge in [0.2, 0.25) is 0 Å². The molecule has 0 saturated carbocycles. The van der Waals surface area contributed by atoms with Crippen LogP contribution < -0.4 is 10.6 Å². The second kappa shape index (κ2) is 5.97.